The summed E-state index contributed by atoms with van der Waals surface area (Å²) in [5, 5.41) is 17.6. The molecule has 0 unspecified atom stereocenters. The van der Waals surface area contributed by atoms with Gasteiger partial charge in [0.05, 0.1) is 12.0 Å². The molecule has 24 heavy (non-hydrogen) atoms. The van der Waals surface area contributed by atoms with Gasteiger partial charge >= 0.3 is 0 Å². The van der Waals surface area contributed by atoms with Gasteiger partial charge in [-0.2, -0.15) is 0 Å². The molecule has 126 valence electrons. The second-order valence-electron chi connectivity index (χ2n) is 5.95. The highest BCUT2D eigenvalue weighted by atomic mass is 32.2. The largest absolute Gasteiger partial charge is 0.461 e. The molecule has 0 radical (unpaired) electrons. The maximum atomic E-state index is 5.56. The fourth-order valence-corrected chi connectivity index (χ4v) is 3.98. The molecule has 1 aliphatic carbocycles. The van der Waals surface area contributed by atoms with Crippen LogP contribution in [-0.4, -0.2) is 25.0 Å². The molecule has 1 saturated carbocycles. The molecule has 1 fully saturated rings. The summed E-state index contributed by atoms with van der Waals surface area (Å²) in [5.41, 5.74) is 0. The van der Waals surface area contributed by atoms with Crippen molar-refractivity contribution in [3.05, 3.63) is 30.2 Å². The van der Waals surface area contributed by atoms with Gasteiger partial charge in [-0.3, -0.25) is 4.57 Å². The summed E-state index contributed by atoms with van der Waals surface area (Å²) in [6.07, 6.45) is 7.76. The maximum Gasteiger partial charge on any atom is 0.226 e. The molecule has 3 heterocycles. The van der Waals surface area contributed by atoms with Crippen LogP contribution in [0.3, 0.4) is 0 Å². The number of aromatic nitrogens is 5. The second kappa shape index (κ2) is 6.80. The lowest BCUT2D eigenvalue weighted by Crippen LogP contribution is -2.15. The van der Waals surface area contributed by atoms with Crippen LogP contribution >= 0.6 is 11.8 Å². The van der Waals surface area contributed by atoms with Crippen LogP contribution in [0.5, 0.6) is 0 Å². The molecule has 0 amide bonds. The Labute approximate surface area is 143 Å². The molecule has 4 rings (SSSR count). The first-order chi connectivity index (χ1) is 11.8. The Hall–Kier alpha value is -2.09. The van der Waals surface area contributed by atoms with Crippen LogP contribution in [0, 0.1) is 6.92 Å². The fourth-order valence-electron chi connectivity index (χ4n) is 3.14. The predicted molar refractivity (Wildman–Crippen MR) is 88.4 cm³/mol. The molecule has 0 bridgehead atoms. The SMILES string of the molecule is Cc1nnc(CSc2nnc(-c3ccco3)n2C2CCCCC2)o1. The van der Waals surface area contributed by atoms with Crippen LogP contribution in [0.4, 0.5) is 0 Å². The van der Waals surface area contributed by atoms with Crippen molar-refractivity contribution in [2.24, 2.45) is 0 Å². The Morgan fingerprint density at radius 3 is 2.75 bits per heavy atom. The molecule has 0 aliphatic heterocycles. The quantitative estimate of drug-likeness (QED) is 0.646. The molecule has 3 aromatic rings. The fraction of sp³-hybridized carbons (Fsp3) is 0.500. The van der Waals surface area contributed by atoms with Gasteiger partial charge in [0.1, 0.15) is 0 Å². The first kappa shape index (κ1) is 15.4. The zero-order chi connectivity index (χ0) is 16.4. The minimum atomic E-state index is 0.417. The monoisotopic (exact) mass is 345 g/mol. The average Bonchev–Trinajstić information content (AvgIpc) is 3.34. The lowest BCUT2D eigenvalue weighted by atomic mass is 9.95. The van der Waals surface area contributed by atoms with Gasteiger partial charge in [0, 0.05) is 13.0 Å². The topological polar surface area (TPSA) is 82.8 Å². The number of hydrogen-bond donors (Lipinski definition) is 0. The number of furan rings is 1. The highest BCUT2D eigenvalue weighted by Crippen LogP contribution is 2.36. The highest BCUT2D eigenvalue weighted by Gasteiger charge is 2.25. The molecule has 0 N–H and O–H groups in total. The summed E-state index contributed by atoms with van der Waals surface area (Å²) in [6, 6.07) is 4.23. The Morgan fingerprint density at radius 2 is 2.04 bits per heavy atom. The Bertz CT molecular complexity index is 789. The molecule has 0 spiro atoms. The summed E-state index contributed by atoms with van der Waals surface area (Å²) in [6.45, 7) is 1.79. The van der Waals surface area contributed by atoms with Crippen LogP contribution in [0.25, 0.3) is 11.6 Å². The van der Waals surface area contributed by atoms with E-state index in [1.807, 2.05) is 12.1 Å². The van der Waals surface area contributed by atoms with Gasteiger partial charge in [0.15, 0.2) is 10.9 Å². The number of aryl methyl sites for hydroxylation is 1. The van der Waals surface area contributed by atoms with Crippen molar-refractivity contribution in [2.45, 2.75) is 56.0 Å². The number of rotatable bonds is 5. The van der Waals surface area contributed by atoms with E-state index in [2.05, 4.69) is 25.0 Å². The minimum Gasteiger partial charge on any atom is -0.461 e. The van der Waals surface area contributed by atoms with E-state index in [-0.39, 0.29) is 0 Å². The van der Waals surface area contributed by atoms with Crippen molar-refractivity contribution in [3.63, 3.8) is 0 Å². The lowest BCUT2D eigenvalue weighted by molar-refractivity contribution is 0.337. The average molecular weight is 345 g/mol. The molecule has 7 nitrogen and oxygen atoms in total. The van der Waals surface area contributed by atoms with E-state index < -0.39 is 0 Å². The van der Waals surface area contributed by atoms with E-state index in [9.17, 15) is 0 Å². The van der Waals surface area contributed by atoms with Gasteiger partial charge < -0.3 is 8.83 Å². The summed E-state index contributed by atoms with van der Waals surface area (Å²) < 4.78 is 13.2. The molecule has 3 aromatic heterocycles. The molecule has 0 atom stereocenters. The van der Waals surface area contributed by atoms with Crippen molar-refractivity contribution >= 4 is 11.8 Å². The van der Waals surface area contributed by atoms with Gasteiger partial charge in [0.2, 0.25) is 17.6 Å². The van der Waals surface area contributed by atoms with Crippen molar-refractivity contribution in [1.29, 1.82) is 0 Å². The van der Waals surface area contributed by atoms with E-state index in [1.54, 1.807) is 24.9 Å². The molecule has 1 aliphatic rings. The first-order valence-corrected chi connectivity index (χ1v) is 9.20. The third-order valence-electron chi connectivity index (χ3n) is 4.24. The maximum absolute atomic E-state index is 5.56. The normalized spacial score (nSPS) is 15.9. The van der Waals surface area contributed by atoms with Gasteiger partial charge in [-0.25, -0.2) is 0 Å². The molecule has 8 heteroatoms. The van der Waals surface area contributed by atoms with Gasteiger partial charge in [-0.15, -0.1) is 20.4 Å². The van der Waals surface area contributed by atoms with Crippen molar-refractivity contribution in [2.75, 3.05) is 0 Å². The standard InChI is InChI=1S/C16H19N5O2S/c1-11-17-18-14(23-11)10-24-16-20-19-15(13-8-5-9-22-13)21(16)12-6-3-2-4-7-12/h5,8-9,12H,2-4,6-7,10H2,1H3. The summed E-state index contributed by atoms with van der Waals surface area (Å²) >= 11 is 1.58. The Balaban J connectivity index is 1.62. The second-order valence-corrected chi connectivity index (χ2v) is 6.89. The van der Waals surface area contributed by atoms with E-state index in [1.165, 1.54) is 19.3 Å². The van der Waals surface area contributed by atoms with E-state index in [4.69, 9.17) is 8.83 Å². The van der Waals surface area contributed by atoms with Gasteiger partial charge in [-0.05, 0) is 25.0 Å². The van der Waals surface area contributed by atoms with Crippen LogP contribution < -0.4 is 0 Å². The van der Waals surface area contributed by atoms with E-state index in [0.29, 0.717) is 23.6 Å². The van der Waals surface area contributed by atoms with Crippen molar-refractivity contribution in [3.8, 4) is 11.6 Å². The van der Waals surface area contributed by atoms with Crippen LogP contribution in [0.15, 0.2) is 32.4 Å². The molecule has 0 aromatic carbocycles. The summed E-state index contributed by atoms with van der Waals surface area (Å²) in [4.78, 5) is 0. The van der Waals surface area contributed by atoms with E-state index in [0.717, 1.165) is 29.6 Å². The third-order valence-corrected chi connectivity index (χ3v) is 5.17. The smallest absolute Gasteiger partial charge is 0.226 e. The van der Waals surface area contributed by atoms with Crippen LogP contribution in [-0.2, 0) is 5.75 Å². The highest BCUT2D eigenvalue weighted by molar-refractivity contribution is 7.98. The van der Waals surface area contributed by atoms with Gasteiger partial charge in [-0.1, -0.05) is 31.0 Å². The first-order valence-electron chi connectivity index (χ1n) is 8.22. The Kier molecular flexibility index (Phi) is 4.38. The van der Waals surface area contributed by atoms with Crippen LogP contribution in [0.2, 0.25) is 0 Å². The minimum absolute atomic E-state index is 0.417. The zero-order valence-electron chi connectivity index (χ0n) is 13.5. The number of nitrogens with zero attached hydrogens (tertiary/aromatic N) is 5. The molecule has 0 saturated heterocycles. The molecular weight excluding hydrogens is 326 g/mol. The molecular formula is C16H19N5O2S. The number of hydrogen-bond acceptors (Lipinski definition) is 7. The summed E-state index contributed by atoms with van der Waals surface area (Å²) in [7, 11) is 0. The predicted octanol–water partition coefficient (Wildman–Crippen LogP) is 4.03. The zero-order valence-corrected chi connectivity index (χ0v) is 14.3. The van der Waals surface area contributed by atoms with Gasteiger partial charge in [0.25, 0.3) is 0 Å². The summed E-state index contributed by atoms with van der Waals surface area (Å²) in [5.74, 6) is 3.33. The van der Waals surface area contributed by atoms with Crippen LogP contribution in [0.1, 0.15) is 49.9 Å². The number of thioether (sulfide) groups is 1. The lowest BCUT2D eigenvalue weighted by Gasteiger charge is -2.25. The Morgan fingerprint density at radius 1 is 1.17 bits per heavy atom. The van der Waals surface area contributed by atoms with Crippen molar-refractivity contribution in [1.82, 2.24) is 25.0 Å². The third kappa shape index (κ3) is 3.10. The van der Waals surface area contributed by atoms with E-state index >= 15 is 0 Å². The van der Waals surface area contributed by atoms with Crippen molar-refractivity contribution < 1.29 is 8.83 Å².